The van der Waals surface area contributed by atoms with Crippen molar-refractivity contribution in [3.8, 4) is 0 Å². The van der Waals surface area contributed by atoms with Crippen LogP contribution in [0.15, 0.2) is 48.5 Å². The summed E-state index contributed by atoms with van der Waals surface area (Å²) in [5, 5.41) is 1.07. The highest BCUT2D eigenvalue weighted by Gasteiger charge is 2.19. The van der Waals surface area contributed by atoms with Crippen molar-refractivity contribution in [2.45, 2.75) is 0 Å². The molecule has 0 aromatic heterocycles. The molecule has 0 spiro atoms. The predicted molar refractivity (Wildman–Crippen MR) is 101 cm³/mol. The van der Waals surface area contributed by atoms with Crippen molar-refractivity contribution < 1.29 is 9.18 Å². The van der Waals surface area contributed by atoms with Crippen molar-refractivity contribution in [1.29, 1.82) is 0 Å². The molecule has 3 nitrogen and oxygen atoms in total. The van der Waals surface area contributed by atoms with Gasteiger partial charge in [0.2, 0.25) is 5.91 Å². The molecule has 1 aliphatic heterocycles. The van der Waals surface area contributed by atoms with E-state index in [1.165, 1.54) is 18.2 Å². The Kier molecular flexibility index (Phi) is 5.61. The number of nitrogens with zero attached hydrogens (tertiary/aromatic N) is 2. The fourth-order valence-electron chi connectivity index (χ4n) is 2.74. The minimum absolute atomic E-state index is 0.0511. The number of halogens is 3. The zero-order valence-electron chi connectivity index (χ0n) is 13.5. The largest absolute Gasteiger partial charge is 0.368 e. The van der Waals surface area contributed by atoms with Gasteiger partial charge in [-0.2, -0.15) is 0 Å². The highest BCUT2D eigenvalue weighted by Crippen LogP contribution is 2.22. The molecular weight excluding hydrogens is 362 g/mol. The predicted octanol–water partition coefficient (Wildman–Crippen LogP) is 4.49. The summed E-state index contributed by atoms with van der Waals surface area (Å²) in [4.78, 5) is 16.3. The number of carbonyl (C=O) groups excluding carboxylic acids is 1. The third kappa shape index (κ3) is 4.53. The SMILES string of the molecule is O=C(C=Cc1ccc(Cl)cc1Cl)N1CCN(c2ccc(F)cc2)CC1. The minimum Gasteiger partial charge on any atom is -0.368 e. The molecule has 0 radical (unpaired) electrons. The highest BCUT2D eigenvalue weighted by atomic mass is 35.5. The second-order valence-corrected chi connectivity index (χ2v) is 6.63. The number of hydrogen-bond donors (Lipinski definition) is 0. The van der Waals surface area contributed by atoms with Crippen LogP contribution in [0.5, 0.6) is 0 Å². The Morgan fingerprint density at radius 3 is 2.32 bits per heavy atom. The molecule has 3 rings (SSSR count). The summed E-state index contributed by atoms with van der Waals surface area (Å²) >= 11 is 12.0. The zero-order chi connectivity index (χ0) is 17.8. The van der Waals surface area contributed by atoms with E-state index in [4.69, 9.17) is 23.2 Å². The van der Waals surface area contributed by atoms with Crippen molar-refractivity contribution in [2.24, 2.45) is 0 Å². The molecule has 130 valence electrons. The number of anilines is 1. The first-order valence-electron chi connectivity index (χ1n) is 7.95. The molecule has 25 heavy (non-hydrogen) atoms. The van der Waals surface area contributed by atoms with E-state index < -0.39 is 0 Å². The van der Waals surface area contributed by atoms with Crippen LogP contribution in [0.4, 0.5) is 10.1 Å². The molecular formula is C19H17Cl2FN2O. The molecule has 1 saturated heterocycles. The molecule has 2 aromatic rings. The molecule has 0 saturated carbocycles. The summed E-state index contributed by atoms with van der Waals surface area (Å²) in [6, 6.07) is 11.6. The van der Waals surface area contributed by atoms with Crippen molar-refractivity contribution >= 4 is 40.9 Å². The Morgan fingerprint density at radius 1 is 1.00 bits per heavy atom. The first-order valence-corrected chi connectivity index (χ1v) is 8.71. The molecule has 0 aliphatic carbocycles. The van der Waals surface area contributed by atoms with Gasteiger partial charge in [-0.25, -0.2) is 4.39 Å². The quantitative estimate of drug-likeness (QED) is 0.734. The summed E-state index contributed by atoms with van der Waals surface area (Å²) < 4.78 is 13.0. The maximum Gasteiger partial charge on any atom is 0.246 e. The van der Waals surface area contributed by atoms with Crippen molar-refractivity contribution in [3.05, 3.63) is 70.0 Å². The van der Waals surface area contributed by atoms with E-state index in [1.807, 2.05) is 0 Å². The van der Waals surface area contributed by atoms with Gasteiger partial charge >= 0.3 is 0 Å². The zero-order valence-corrected chi connectivity index (χ0v) is 15.0. The van der Waals surface area contributed by atoms with Crippen LogP contribution >= 0.6 is 23.2 Å². The summed E-state index contributed by atoms with van der Waals surface area (Å²) in [6.07, 6.45) is 3.23. The summed E-state index contributed by atoms with van der Waals surface area (Å²) in [6.45, 7) is 2.67. The normalized spacial score (nSPS) is 15.0. The van der Waals surface area contributed by atoms with Crippen LogP contribution in [0.3, 0.4) is 0 Å². The van der Waals surface area contributed by atoms with Crippen LogP contribution in [0.2, 0.25) is 10.0 Å². The Hall–Kier alpha value is -2.04. The molecule has 1 amide bonds. The third-order valence-electron chi connectivity index (χ3n) is 4.15. The summed E-state index contributed by atoms with van der Waals surface area (Å²) in [7, 11) is 0. The molecule has 0 bridgehead atoms. The smallest absolute Gasteiger partial charge is 0.246 e. The van der Waals surface area contributed by atoms with Gasteiger partial charge in [0.05, 0.1) is 0 Å². The topological polar surface area (TPSA) is 23.6 Å². The van der Waals surface area contributed by atoms with E-state index in [0.717, 1.165) is 11.3 Å². The Morgan fingerprint density at radius 2 is 1.68 bits per heavy atom. The van der Waals surface area contributed by atoms with E-state index in [1.54, 1.807) is 41.3 Å². The number of benzene rings is 2. The van der Waals surface area contributed by atoms with Gasteiger partial charge in [0.15, 0.2) is 0 Å². The number of rotatable bonds is 3. The van der Waals surface area contributed by atoms with Crippen LogP contribution in [0.1, 0.15) is 5.56 Å². The van der Waals surface area contributed by atoms with E-state index in [0.29, 0.717) is 36.2 Å². The van der Waals surface area contributed by atoms with Crippen LogP contribution in [-0.4, -0.2) is 37.0 Å². The Labute approximate surface area is 156 Å². The second-order valence-electron chi connectivity index (χ2n) is 5.79. The monoisotopic (exact) mass is 378 g/mol. The van der Waals surface area contributed by atoms with Crippen LogP contribution in [-0.2, 0) is 4.79 Å². The molecule has 0 atom stereocenters. The van der Waals surface area contributed by atoms with Gasteiger partial charge in [0.25, 0.3) is 0 Å². The lowest BCUT2D eigenvalue weighted by Crippen LogP contribution is -2.48. The van der Waals surface area contributed by atoms with E-state index in [-0.39, 0.29) is 11.7 Å². The molecule has 1 fully saturated rings. The first kappa shape index (κ1) is 17.8. The van der Waals surface area contributed by atoms with Crippen molar-refractivity contribution in [3.63, 3.8) is 0 Å². The number of piperazine rings is 1. The number of carbonyl (C=O) groups is 1. The Balaban J connectivity index is 1.58. The maximum absolute atomic E-state index is 13.0. The van der Waals surface area contributed by atoms with Crippen molar-refractivity contribution in [1.82, 2.24) is 4.90 Å². The maximum atomic E-state index is 13.0. The standard InChI is InChI=1S/C19H17Cl2FN2O/c20-15-3-1-14(18(21)13-15)2-8-19(25)24-11-9-23(10-12-24)17-6-4-16(22)5-7-17/h1-8,13H,9-12H2. The minimum atomic E-state index is -0.247. The van der Waals surface area contributed by atoms with Gasteiger partial charge < -0.3 is 9.80 Å². The molecule has 0 N–H and O–H groups in total. The van der Waals surface area contributed by atoms with Gasteiger partial charge in [-0.05, 0) is 48.0 Å². The van der Waals surface area contributed by atoms with Gasteiger partial charge in [-0.15, -0.1) is 0 Å². The molecule has 6 heteroatoms. The fraction of sp³-hybridized carbons (Fsp3) is 0.211. The van der Waals surface area contributed by atoms with Crippen LogP contribution in [0.25, 0.3) is 6.08 Å². The van der Waals surface area contributed by atoms with Gasteiger partial charge in [0.1, 0.15) is 5.82 Å². The van der Waals surface area contributed by atoms with E-state index in [9.17, 15) is 9.18 Å². The van der Waals surface area contributed by atoms with Gasteiger partial charge in [-0.1, -0.05) is 29.3 Å². The lowest BCUT2D eigenvalue weighted by Gasteiger charge is -2.35. The van der Waals surface area contributed by atoms with E-state index in [2.05, 4.69) is 4.90 Å². The van der Waals surface area contributed by atoms with Crippen LogP contribution in [0, 0.1) is 5.82 Å². The second kappa shape index (κ2) is 7.89. The summed E-state index contributed by atoms with van der Waals surface area (Å²) in [5.74, 6) is -0.298. The number of hydrogen-bond acceptors (Lipinski definition) is 2. The molecule has 0 unspecified atom stereocenters. The number of amides is 1. The molecule has 2 aromatic carbocycles. The van der Waals surface area contributed by atoms with Gasteiger partial charge in [0, 0.05) is 48.0 Å². The molecule has 1 aliphatic rings. The summed E-state index contributed by atoms with van der Waals surface area (Å²) in [5.41, 5.74) is 1.72. The van der Waals surface area contributed by atoms with Gasteiger partial charge in [-0.3, -0.25) is 4.79 Å². The average molecular weight is 379 g/mol. The average Bonchev–Trinajstić information content (AvgIpc) is 2.61. The fourth-order valence-corrected chi connectivity index (χ4v) is 3.21. The van der Waals surface area contributed by atoms with Crippen LogP contribution < -0.4 is 4.90 Å². The highest BCUT2D eigenvalue weighted by molar-refractivity contribution is 6.35. The van der Waals surface area contributed by atoms with E-state index >= 15 is 0 Å². The molecule has 1 heterocycles. The van der Waals surface area contributed by atoms with Crippen molar-refractivity contribution in [2.75, 3.05) is 31.1 Å². The Bertz CT molecular complexity index is 785. The lowest BCUT2D eigenvalue weighted by atomic mass is 10.2. The lowest BCUT2D eigenvalue weighted by molar-refractivity contribution is -0.126. The third-order valence-corrected chi connectivity index (χ3v) is 4.71. The first-order chi connectivity index (χ1) is 12.0.